The molecule has 8 heteroatoms. The second-order valence-electron chi connectivity index (χ2n) is 4.37. The molecule has 0 bridgehead atoms. The van der Waals surface area contributed by atoms with E-state index >= 15 is 0 Å². The Hall–Kier alpha value is -1.51. The number of nitrogens with zero attached hydrogens (tertiary/aromatic N) is 3. The molecule has 1 aromatic heterocycles. The summed E-state index contributed by atoms with van der Waals surface area (Å²) in [6.07, 6.45) is 5.17. The smallest absolute Gasteiger partial charge is 0.245 e. The summed E-state index contributed by atoms with van der Waals surface area (Å²) in [6.45, 7) is 2.26. The Labute approximate surface area is 118 Å². The van der Waals surface area contributed by atoms with Crippen LogP contribution < -0.4 is 11.1 Å². The first-order chi connectivity index (χ1) is 9.72. The van der Waals surface area contributed by atoms with Gasteiger partial charge < -0.3 is 20.5 Å². The zero-order valence-electron chi connectivity index (χ0n) is 11.8. The number of hydrogen-bond donors (Lipinski definition) is 2. The van der Waals surface area contributed by atoms with Crippen molar-refractivity contribution in [2.75, 3.05) is 33.5 Å². The van der Waals surface area contributed by atoms with E-state index in [2.05, 4.69) is 15.6 Å². The monoisotopic (exact) mass is 285 g/mol. The van der Waals surface area contributed by atoms with Crippen molar-refractivity contribution in [3.05, 3.63) is 12.4 Å². The molecule has 0 saturated heterocycles. The molecule has 0 aliphatic heterocycles. The van der Waals surface area contributed by atoms with Crippen molar-refractivity contribution in [1.82, 2.24) is 20.3 Å². The molecule has 1 unspecified atom stereocenters. The van der Waals surface area contributed by atoms with Crippen molar-refractivity contribution in [2.24, 2.45) is 5.73 Å². The quantitative estimate of drug-likeness (QED) is 0.514. The summed E-state index contributed by atoms with van der Waals surface area (Å²) in [6, 6.07) is 0.0461. The van der Waals surface area contributed by atoms with Gasteiger partial charge in [0.1, 0.15) is 6.61 Å². The van der Waals surface area contributed by atoms with Crippen LogP contribution in [0.25, 0.3) is 0 Å². The second-order valence-corrected chi connectivity index (χ2v) is 4.37. The maximum absolute atomic E-state index is 10.9. The number of nitrogens with two attached hydrogens (primary N) is 1. The summed E-state index contributed by atoms with van der Waals surface area (Å²) in [5.41, 5.74) is 5.96. The highest BCUT2D eigenvalue weighted by Crippen LogP contribution is 1.98. The standard InChI is InChI=1S/C12H23N5O3/c1-14-12(18)10-20-8-7-19-6-2-3-11(13)9-17-5-4-15-16-17/h4-5,11H,2-3,6-10,13H2,1H3,(H,14,18). The van der Waals surface area contributed by atoms with Gasteiger partial charge >= 0.3 is 0 Å². The zero-order valence-corrected chi connectivity index (χ0v) is 11.8. The molecule has 0 radical (unpaired) electrons. The van der Waals surface area contributed by atoms with E-state index in [1.807, 2.05) is 0 Å². The lowest BCUT2D eigenvalue weighted by molar-refractivity contribution is -0.125. The Bertz CT molecular complexity index is 358. The molecule has 1 heterocycles. The van der Waals surface area contributed by atoms with Crippen molar-refractivity contribution >= 4 is 5.91 Å². The predicted octanol–water partition coefficient (Wildman–Crippen LogP) is -0.835. The first kappa shape index (κ1) is 16.5. The Balaban J connectivity index is 1.88. The van der Waals surface area contributed by atoms with Gasteiger partial charge in [-0.2, -0.15) is 0 Å². The molecule has 1 atom stereocenters. The molecule has 0 aliphatic carbocycles. The molecular formula is C12H23N5O3. The minimum absolute atomic E-state index is 0.0461. The fraction of sp³-hybridized carbons (Fsp3) is 0.750. The largest absolute Gasteiger partial charge is 0.379 e. The van der Waals surface area contributed by atoms with Crippen LogP contribution in [0.5, 0.6) is 0 Å². The minimum Gasteiger partial charge on any atom is -0.379 e. The number of amides is 1. The van der Waals surface area contributed by atoms with Crippen molar-refractivity contribution in [2.45, 2.75) is 25.4 Å². The molecule has 0 aliphatic rings. The Morgan fingerprint density at radius 3 is 2.90 bits per heavy atom. The molecule has 20 heavy (non-hydrogen) atoms. The molecule has 0 aromatic carbocycles. The van der Waals surface area contributed by atoms with Crippen molar-refractivity contribution in [1.29, 1.82) is 0 Å². The van der Waals surface area contributed by atoms with Gasteiger partial charge in [0.2, 0.25) is 5.91 Å². The van der Waals surface area contributed by atoms with Gasteiger partial charge in [-0.15, -0.1) is 5.10 Å². The highest BCUT2D eigenvalue weighted by Gasteiger charge is 2.04. The normalized spacial score (nSPS) is 12.3. The van der Waals surface area contributed by atoms with Crippen LogP contribution in [0.3, 0.4) is 0 Å². The molecule has 3 N–H and O–H groups in total. The van der Waals surface area contributed by atoms with Gasteiger partial charge in [0, 0.05) is 25.9 Å². The average molecular weight is 285 g/mol. The van der Waals surface area contributed by atoms with E-state index in [4.69, 9.17) is 15.2 Å². The number of ether oxygens (including phenoxy) is 2. The summed E-state index contributed by atoms with van der Waals surface area (Å²) < 4.78 is 12.2. The molecular weight excluding hydrogens is 262 g/mol. The summed E-state index contributed by atoms with van der Waals surface area (Å²) in [5.74, 6) is -0.135. The second kappa shape index (κ2) is 10.3. The highest BCUT2D eigenvalue weighted by molar-refractivity contribution is 5.76. The molecule has 1 amide bonds. The van der Waals surface area contributed by atoms with E-state index in [9.17, 15) is 4.79 Å². The molecule has 1 aromatic rings. The number of aromatic nitrogens is 3. The molecule has 1 rings (SSSR count). The number of rotatable bonds is 11. The van der Waals surface area contributed by atoms with Crippen LogP contribution in [0, 0.1) is 0 Å². The molecule has 0 saturated carbocycles. The van der Waals surface area contributed by atoms with Gasteiger partial charge in [-0.1, -0.05) is 5.21 Å². The van der Waals surface area contributed by atoms with Gasteiger partial charge in [-0.05, 0) is 12.8 Å². The third-order valence-electron chi connectivity index (χ3n) is 2.64. The lowest BCUT2D eigenvalue weighted by Crippen LogP contribution is -2.27. The van der Waals surface area contributed by atoms with Crippen LogP contribution in [0.15, 0.2) is 12.4 Å². The third-order valence-corrected chi connectivity index (χ3v) is 2.64. The highest BCUT2D eigenvalue weighted by atomic mass is 16.5. The Morgan fingerprint density at radius 1 is 1.40 bits per heavy atom. The molecule has 0 fully saturated rings. The maximum Gasteiger partial charge on any atom is 0.245 e. The number of hydrogen-bond acceptors (Lipinski definition) is 6. The van der Waals surface area contributed by atoms with E-state index in [1.54, 1.807) is 24.1 Å². The van der Waals surface area contributed by atoms with Crippen LogP contribution in [0.2, 0.25) is 0 Å². The van der Waals surface area contributed by atoms with Gasteiger partial charge in [-0.25, -0.2) is 0 Å². The number of carbonyl (C=O) groups excluding carboxylic acids is 1. The lowest BCUT2D eigenvalue weighted by Gasteiger charge is -2.11. The fourth-order valence-corrected chi connectivity index (χ4v) is 1.57. The van der Waals surface area contributed by atoms with Crippen molar-refractivity contribution in [3.63, 3.8) is 0 Å². The predicted molar refractivity (Wildman–Crippen MR) is 72.9 cm³/mol. The van der Waals surface area contributed by atoms with Gasteiger partial charge in [0.05, 0.1) is 26.0 Å². The maximum atomic E-state index is 10.9. The van der Waals surface area contributed by atoms with Gasteiger partial charge in [0.15, 0.2) is 0 Å². The zero-order chi connectivity index (χ0) is 14.6. The van der Waals surface area contributed by atoms with Crippen molar-refractivity contribution in [3.8, 4) is 0 Å². The van der Waals surface area contributed by atoms with Crippen LogP contribution in [-0.2, 0) is 20.8 Å². The van der Waals surface area contributed by atoms with E-state index in [0.717, 1.165) is 12.8 Å². The lowest BCUT2D eigenvalue weighted by atomic mass is 10.2. The topological polar surface area (TPSA) is 104 Å². The van der Waals surface area contributed by atoms with Crippen LogP contribution in [0.4, 0.5) is 0 Å². The van der Waals surface area contributed by atoms with E-state index in [0.29, 0.717) is 26.4 Å². The SMILES string of the molecule is CNC(=O)COCCOCCCC(N)Cn1ccnn1. The Kier molecular flexibility index (Phi) is 8.52. The molecule has 0 spiro atoms. The van der Waals surface area contributed by atoms with E-state index < -0.39 is 0 Å². The summed E-state index contributed by atoms with van der Waals surface area (Å²) in [4.78, 5) is 10.9. The average Bonchev–Trinajstić information content (AvgIpc) is 2.94. The van der Waals surface area contributed by atoms with Crippen LogP contribution in [-0.4, -0.2) is 60.4 Å². The van der Waals surface area contributed by atoms with Crippen molar-refractivity contribution < 1.29 is 14.3 Å². The summed E-state index contributed by atoms with van der Waals surface area (Å²) >= 11 is 0. The first-order valence-corrected chi connectivity index (χ1v) is 6.68. The molecule has 114 valence electrons. The Morgan fingerprint density at radius 2 is 2.20 bits per heavy atom. The van der Waals surface area contributed by atoms with Gasteiger partial charge in [-0.3, -0.25) is 9.48 Å². The number of likely N-dealkylation sites (N-methyl/N-ethyl adjacent to an activating group) is 1. The van der Waals surface area contributed by atoms with Crippen LogP contribution in [0.1, 0.15) is 12.8 Å². The third kappa shape index (κ3) is 7.82. The summed E-state index contributed by atoms with van der Waals surface area (Å²) in [7, 11) is 1.57. The van der Waals surface area contributed by atoms with E-state index in [-0.39, 0.29) is 18.6 Å². The minimum atomic E-state index is -0.135. The fourth-order valence-electron chi connectivity index (χ4n) is 1.57. The number of carbonyl (C=O) groups is 1. The van der Waals surface area contributed by atoms with E-state index in [1.165, 1.54) is 0 Å². The van der Waals surface area contributed by atoms with Gasteiger partial charge in [0.25, 0.3) is 0 Å². The first-order valence-electron chi connectivity index (χ1n) is 6.68. The number of nitrogens with one attached hydrogen (secondary N) is 1. The van der Waals surface area contributed by atoms with Crippen LogP contribution >= 0.6 is 0 Å². The molecule has 8 nitrogen and oxygen atoms in total. The summed E-state index contributed by atoms with van der Waals surface area (Å²) in [5, 5.41) is 10.1.